The SMILES string of the molecule is CC(C([O])=O)C1COc2ccccc2O1. The van der Waals surface area contributed by atoms with Gasteiger partial charge in [0, 0.05) is 0 Å². The van der Waals surface area contributed by atoms with E-state index in [4.69, 9.17) is 9.47 Å². The summed E-state index contributed by atoms with van der Waals surface area (Å²) in [6, 6.07) is 7.19. The molecule has 0 amide bonds. The lowest BCUT2D eigenvalue weighted by Crippen LogP contribution is -2.38. The van der Waals surface area contributed by atoms with Gasteiger partial charge in [-0.05, 0) is 19.1 Å². The number of hydrogen-bond donors (Lipinski definition) is 0. The summed E-state index contributed by atoms with van der Waals surface area (Å²) >= 11 is 0. The number of para-hydroxylation sites is 2. The van der Waals surface area contributed by atoms with Gasteiger partial charge < -0.3 is 9.47 Å². The molecule has 0 fully saturated rings. The third-order valence-electron chi connectivity index (χ3n) is 2.46. The van der Waals surface area contributed by atoms with Gasteiger partial charge in [0.1, 0.15) is 12.7 Å². The largest absolute Gasteiger partial charge is 0.486 e. The van der Waals surface area contributed by atoms with Gasteiger partial charge in [0.15, 0.2) is 11.5 Å². The van der Waals surface area contributed by atoms with E-state index in [0.717, 1.165) is 0 Å². The Kier molecular flexibility index (Phi) is 2.49. The first-order valence-corrected chi connectivity index (χ1v) is 4.78. The summed E-state index contributed by atoms with van der Waals surface area (Å²) in [5.41, 5.74) is 0. The lowest BCUT2D eigenvalue weighted by Gasteiger charge is -2.28. The summed E-state index contributed by atoms with van der Waals surface area (Å²) in [6.45, 7) is 1.80. The van der Waals surface area contributed by atoms with Crippen LogP contribution >= 0.6 is 0 Å². The average Bonchev–Trinajstić information content (AvgIpc) is 2.27. The van der Waals surface area contributed by atoms with Crippen LogP contribution in [-0.2, 0) is 9.90 Å². The Bertz CT molecular complexity index is 375. The molecule has 2 rings (SSSR count). The fourth-order valence-electron chi connectivity index (χ4n) is 1.43. The highest BCUT2D eigenvalue weighted by Crippen LogP contribution is 2.32. The van der Waals surface area contributed by atoms with Crippen LogP contribution < -0.4 is 9.47 Å². The smallest absolute Gasteiger partial charge is 0.362 e. The van der Waals surface area contributed by atoms with Crippen molar-refractivity contribution in [1.82, 2.24) is 0 Å². The second kappa shape index (κ2) is 3.81. The van der Waals surface area contributed by atoms with Crippen molar-refractivity contribution in [3.63, 3.8) is 0 Å². The molecule has 0 bridgehead atoms. The van der Waals surface area contributed by atoms with Crippen LogP contribution in [0.15, 0.2) is 24.3 Å². The summed E-state index contributed by atoms with van der Waals surface area (Å²) in [5, 5.41) is 10.7. The Morgan fingerprint density at radius 3 is 2.73 bits per heavy atom. The van der Waals surface area contributed by atoms with E-state index in [0.29, 0.717) is 11.5 Å². The van der Waals surface area contributed by atoms with Crippen LogP contribution in [0.1, 0.15) is 6.92 Å². The van der Waals surface area contributed by atoms with Gasteiger partial charge in [-0.2, -0.15) is 0 Å². The molecule has 1 aromatic rings. The van der Waals surface area contributed by atoms with E-state index in [-0.39, 0.29) is 6.61 Å². The lowest BCUT2D eigenvalue weighted by molar-refractivity contribution is -0.151. The molecule has 1 heterocycles. The van der Waals surface area contributed by atoms with Crippen molar-refractivity contribution in [2.45, 2.75) is 13.0 Å². The second-order valence-electron chi connectivity index (χ2n) is 3.52. The van der Waals surface area contributed by atoms with Gasteiger partial charge in [-0.25, -0.2) is 9.90 Å². The van der Waals surface area contributed by atoms with E-state index < -0.39 is 18.0 Å². The fraction of sp³-hybridized carbons (Fsp3) is 0.364. The van der Waals surface area contributed by atoms with Crippen molar-refractivity contribution in [3.8, 4) is 11.5 Å². The maximum Gasteiger partial charge on any atom is 0.362 e. The Balaban J connectivity index is 2.15. The topological polar surface area (TPSA) is 55.4 Å². The molecule has 4 heteroatoms. The van der Waals surface area contributed by atoms with Gasteiger partial charge in [0.25, 0.3) is 0 Å². The van der Waals surface area contributed by atoms with Crippen LogP contribution in [0.4, 0.5) is 0 Å². The molecule has 1 radical (unpaired) electrons. The molecule has 2 unspecified atom stereocenters. The number of hydrogen-bond acceptors (Lipinski definition) is 3. The van der Waals surface area contributed by atoms with Crippen molar-refractivity contribution in [1.29, 1.82) is 0 Å². The van der Waals surface area contributed by atoms with Crippen molar-refractivity contribution in [2.75, 3.05) is 6.61 Å². The summed E-state index contributed by atoms with van der Waals surface area (Å²) in [6.07, 6.45) is -0.482. The molecule has 1 aliphatic rings. The Labute approximate surface area is 87.4 Å². The first kappa shape index (κ1) is 9.83. The minimum atomic E-state index is -1.12. The molecule has 0 aliphatic carbocycles. The second-order valence-corrected chi connectivity index (χ2v) is 3.52. The highest BCUT2D eigenvalue weighted by atomic mass is 16.6. The zero-order chi connectivity index (χ0) is 10.8. The van der Waals surface area contributed by atoms with Crippen molar-refractivity contribution >= 4 is 5.97 Å². The predicted molar refractivity (Wildman–Crippen MR) is 51.2 cm³/mol. The van der Waals surface area contributed by atoms with E-state index in [1.165, 1.54) is 0 Å². The molecule has 0 N–H and O–H groups in total. The normalized spacial score (nSPS) is 20.7. The van der Waals surface area contributed by atoms with E-state index in [9.17, 15) is 9.90 Å². The Morgan fingerprint density at radius 2 is 2.07 bits per heavy atom. The molecule has 2 atom stereocenters. The van der Waals surface area contributed by atoms with Crippen LogP contribution in [0.5, 0.6) is 11.5 Å². The molecular formula is C11H11O4. The Morgan fingerprint density at radius 1 is 1.40 bits per heavy atom. The molecule has 0 saturated carbocycles. The van der Waals surface area contributed by atoms with Crippen LogP contribution in [0, 0.1) is 5.92 Å². The number of benzene rings is 1. The molecule has 15 heavy (non-hydrogen) atoms. The van der Waals surface area contributed by atoms with Crippen LogP contribution in [0.2, 0.25) is 0 Å². The maximum atomic E-state index is 10.7. The number of fused-ring (bicyclic) bond motifs is 1. The molecule has 1 aliphatic heterocycles. The maximum absolute atomic E-state index is 10.7. The van der Waals surface area contributed by atoms with Crippen LogP contribution in [0.3, 0.4) is 0 Å². The average molecular weight is 207 g/mol. The van der Waals surface area contributed by atoms with E-state index in [1.807, 2.05) is 12.1 Å². The minimum absolute atomic E-state index is 0.242. The monoisotopic (exact) mass is 207 g/mol. The van der Waals surface area contributed by atoms with Gasteiger partial charge in [0.05, 0.1) is 5.92 Å². The molecule has 0 spiro atoms. The summed E-state index contributed by atoms with van der Waals surface area (Å²) < 4.78 is 10.9. The highest BCUT2D eigenvalue weighted by molar-refractivity contribution is 5.70. The van der Waals surface area contributed by atoms with Gasteiger partial charge in [0.2, 0.25) is 0 Å². The zero-order valence-corrected chi connectivity index (χ0v) is 8.30. The van der Waals surface area contributed by atoms with E-state index in [1.54, 1.807) is 19.1 Å². The molecule has 4 nitrogen and oxygen atoms in total. The third-order valence-corrected chi connectivity index (χ3v) is 2.46. The highest BCUT2D eigenvalue weighted by Gasteiger charge is 2.31. The molecule has 0 aromatic heterocycles. The number of rotatable bonds is 2. The fourth-order valence-corrected chi connectivity index (χ4v) is 1.43. The number of ether oxygens (including phenoxy) is 2. The lowest BCUT2D eigenvalue weighted by atomic mass is 10.1. The van der Waals surface area contributed by atoms with E-state index in [2.05, 4.69) is 0 Å². The quantitative estimate of drug-likeness (QED) is 0.736. The first-order chi connectivity index (χ1) is 7.18. The number of carbonyl (C=O) groups excluding carboxylic acids is 1. The summed E-state index contributed by atoms with van der Waals surface area (Å²) in [4.78, 5) is 10.7. The van der Waals surface area contributed by atoms with E-state index >= 15 is 0 Å². The first-order valence-electron chi connectivity index (χ1n) is 4.78. The van der Waals surface area contributed by atoms with Crippen LogP contribution in [0.25, 0.3) is 0 Å². The molecule has 1 aromatic carbocycles. The van der Waals surface area contributed by atoms with Crippen LogP contribution in [-0.4, -0.2) is 18.7 Å². The third kappa shape index (κ3) is 1.88. The summed E-state index contributed by atoms with van der Waals surface area (Å²) in [5.74, 6) is -0.567. The van der Waals surface area contributed by atoms with Crippen molar-refractivity contribution < 1.29 is 19.4 Å². The zero-order valence-electron chi connectivity index (χ0n) is 8.30. The van der Waals surface area contributed by atoms with Gasteiger partial charge in [-0.3, -0.25) is 0 Å². The van der Waals surface area contributed by atoms with Gasteiger partial charge in [-0.15, -0.1) is 0 Å². The molecular weight excluding hydrogens is 196 g/mol. The van der Waals surface area contributed by atoms with Gasteiger partial charge in [-0.1, -0.05) is 12.1 Å². The minimum Gasteiger partial charge on any atom is -0.486 e. The van der Waals surface area contributed by atoms with Crippen molar-refractivity contribution in [3.05, 3.63) is 24.3 Å². The number of carbonyl (C=O) groups is 1. The predicted octanol–water partition coefficient (Wildman–Crippen LogP) is 1.42. The Hall–Kier alpha value is -1.71. The molecule has 0 saturated heterocycles. The molecule has 79 valence electrons. The summed E-state index contributed by atoms with van der Waals surface area (Å²) in [7, 11) is 0. The standard InChI is InChI=1S/C11H11O4/c1-7(11(12)13)10-6-14-8-4-2-3-5-9(8)15-10/h2-5,7,10H,6H2,1H3. The van der Waals surface area contributed by atoms with Gasteiger partial charge >= 0.3 is 5.97 Å². The van der Waals surface area contributed by atoms with Crippen molar-refractivity contribution in [2.24, 2.45) is 5.92 Å².